The number of ether oxygens (including phenoxy) is 3. The predicted molar refractivity (Wildman–Crippen MR) is 60.1 cm³/mol. The Morgan fingerprint density at radius 1 is 1.22 bits per heavy atom. The Labute approximate surface area is 103 Å². The monoisotopic (exact) mass is 260 g/mol. The van der Waals surface area contributed by atoms with E-state index in [4.69, 9.17) is 9.47 Å². The van der Waals surface area contributed by atoms with Crippen LogP contribution in [-0.2, 0) is 15.5 Å². The molecular formula is C12H14F2O4. The molecule has 0 saturated heterocycles. The summed E-state index contributed by atoms with van der Waals surface area (Å²) in [6.07, 6.45) is 0. The molecule has 1 aromatic rings. The van der Waals surface area contributed by atoms with Gasteiger partial charge in [-0.15, -0.1) is 0 Å². The van der Waals surface area contributed by atoms with E-state index >= 15 is 0 Å². The molecule has 0 N–H and O–H groups in total. The third-order valence-corrected chi connectivity index (χ3v) is 2.27. The highest BCUT2D eigenvalue weighted by Crippen LogP contribution is 2.42. The molecule has 0 aliphatic heterocycles. The van der Waals surface area contributed by atoms with Crippen molar-refractivity contribution >= 4 is 5.97 Å². The van der Waals surface area contributed by atoms with Crippen molar-refractivity contribution in [3.8, 4) is 11.5 Å². The van der Waals surface area contributed by atoms with Crippen molar-refractivity contribution in [1.29, 1.82) is 0 Å². The Kier molecular flexibility index (Phi) is 4.47. The van der Waals surface area contributed by atoms with Crippen molar-refractivity contribution in [2.45, 2.75) is 12.8 Å². The van der Waals surface area contributed by atoms with E-state index in [-0.39, 0.29) is 18.1 Å². The first-order valence-electron chi connectivity index (χ1n) is 5.25. The number of benzene rings is 1. The Balaban J connectivity index is 3.33. The molecular weight excluding hydrogens is 246 g/mol. The van der Waals surface area contributed by atoms with Gasteiger partial charge in [0, 0.05) is 0 Å². The molecule has 0 aliphatic carbocycles. The van der Waals surface area contributed by atoms with Gasteiger partial charge in [-0.05, 0) is 19.1 Å². The first kappa shape index (κ1) is 14.2. The van der Waals surface area contributed by atoms with Gasteiger partial charge in [0.2, 0.25) is 0 Å². The number of halogens is 2. The fourth-order valence-electron chi connectivity index (χ4n) is 1.48. The summed E-state index contributed by atoms with van der Waals surface area (Å²) >= 11 is 0. The highest BCUT2D eigenvalue weighted by Gasteiger charge is 2.47. The van der Waals surface area contributed by atoms with E-state index in [1.807, 2.05) is 0 Å². The van der Waals surface area contributed by atoms with Crippen LogP contribution in [0.25, 0.3) is 0 Å². The van der Waals surface area contributed by atoms with Gasteiger partial charge in [0.25, 0.3) is 0 Å². The maximum Gasteiger partial charge on any atom is 0.382 e. The number of rotatable bonds is 5. The zero-order valence-corrected chi connectivity index (χ0v) is 10.3. The van der Waals surface area contributed by atoms with Crippen LogP contribution in [0.3, 0.4) is 0 Å². The van der Waals surface area contributed by atoms with Crippen LogP contribution in [0, 0.1) is 0 Å². The lowest BCUT2D eigenvalue weighted by molar-refractivity contribution is -0.173. The van der Waals surface area contributed by atoms with Crippen molar-refractivity contribution in [2.75, 3.05) is 20.8 Å². The number of methoxy groups -OCH3 is 2. The number of hydrogen-bond acceptors (Lipinski definition) is 4. The van der Waals surface area contributed by atoms with Crippen LogP contribution >= 0.6 is 0 Å². The summed E-state index contributed by atoms with van der Waals surface area (Å²) in [5.74, 6) is -5.72. The molecule has 0 aliphatic rings. The lowest BCUT2D eigenvalue weighted by atomic mass is 10.1. The normalized spacial score (nSPS) is 10.9. The summed E-state index contributed by atoms with van der Waals surface area (Å²) in [5, 5.41) is 0. The molecule has 0 atom stereocenters. The third kappa shape index (κ3) is 2.52. The minimum absolute atomic E-state index is 0.132. The minimum atomic E-state index is -3.83. The van der Waals surface area contributed by atoms with Gasteiger partial charge in [0.05, 0.1) is 20.8 Å². The van der Waals surface area contributed by atoms with Crippen LogP contribution in [0.1, 0.15) is 12.5 Å². The average molecular weight is 260 g/mol. The molecule has 1 rings (SSSR count). The van der Waals surface area contributed by atoms with E-state index in [1.165, 1.54) is 39.3 Å². The van der Waals surface area contributed by atoms with Gasteiger partial charge in [-0.2, -0.15) is 8.78 Å². The second-order valence-corrected chi connectivity index (χ2v) is 3.33. The third-order valence-electron chi connectivity index (χ3n) is 2.27. The second-order valence-electron chi connectivity index (χ2n) is 3.33. The highest BCUT2D eigenvalue weighted by atomic mass is 19.3. The molecule has 0 radical (unpaired) electrons. The number of hydrogen-bond donors (Lipinski definition) is 0. The van der Waals surface area contributed by atoms with Gasteiger partial charge in [-0.3, -0.25) is 0 Å². The van der Waals surface area contributed by atoms with Crippen molar-refractivity contribution < 1.29 is 27.8 Å². The summed E-state index contributed by atoms with van der Waals surface area (Å²) in [4.78, 5) is 11.3. The predicted octanol–water partition coefficient (Wildman–Crippen LogP) is 2.36. The standard InChI is InChI=1S/C12H14F2O4/c1-4-18-11(15)12(13,14)10-8(16-2)6-5-7-9(10)17-3/h5-7H,4H2,1-3H3. The lowest BCUT2D eigenvalue weighted by Crippen LogP contribution is -2.29. The maximum atomic E-state index is 14.0. The molecule has 100 valence electrons. The van der Waals surface area contributed by atoms with Gasteiger partial charge in [-0.1, -0.05) is 6.07 Å². The van der Waals surface area contributed by atoms with Crippen LogP contribution < -0.4 is 9.47 Å². The number of esters is 1. The zero-order valence-electron chi connectivity index (χ0n) is 10.3. The lowest BCUT2D eigenvalue weighted by Gasteiger charge is -2.20. The molecule has 0 heterocycles. The Morgan fingerprint density at radius 2 is 1.72 bits per heavy atom. The summed E-state index contributed by atoms with van der Waals surface area (Å²) in [6.45, 7) is 1.32. The summed E-state index contributed by atoms with van der Waals surface area (Å²) in [5.41, 5.74) is -0.631. The van der Waals surface area contributed by atoms with E-state index in [1.54, 1.807) is 0 Å². The van der Waals surface area contributed by atoms with Crippen molar-refractivity contribution in [3.63, 3.8) is 0 Å². The molecule has 1 aromatic carbocycles. The van der Waals surface area contributed by atoms with Gasteiger partial charge >= 0.3 is 11.9 Å². The van der Waals surface area contributed by atoms with Crippen LogP contribution in [-0.4, -0.2) is 26.8 Å². The van der Waals surface area contributed by atoms with Crippen LogP contribution in [0.2, 0.25) is 0 Å². The molecule has 0 fully saturated rings. The smallest absolute Gasteiger partial charge is 0.382 e. The van der Waals surface area contributed by atoms with Crippen LogP contribution in [0.4, 0.5) is 8.78 Å². The van der Waals surface area contributed by atoms with E-state index in [0.717, 1.165) is 0 Å². The molecule has 4 nitrogen and oxygen atoms in total. The first-order chi connectivity index (χ1) is 8.48. The van der Waals surface area contributed by atoms with Crippen LogP contribution in [0.15, 0.2) is 18.2 Å². The highest BCUT2D eigenvalue weighted by molar-refractivity contribution is 5.81. The largest absolute Gasteiger partial charge is 0.496 e. The molecule has 18 heavy (non-hydrogen) atoms. The Bertz CT molecular complexity index is 410. The maximum absolute atomic E-state index is 14.0. The topological polar surface area (TPSA) is 44.8 Å². The van der Waals surface area contributed by atoms with E-state index in [2.05, 4.69) is 4.74 Å². The summed E-state index contributed by atoms with van der Waals surface area (Å²) < 4.78 is 42.0. The SMILES string of the molecule is CCOC(=O)C(F)(F)c1c(OC)cccc1OC. The van der Waals surface area contributed by atoms with E-state index < -0.39 is 17.5 Å². The first-order valence-corrected chi connectivity index (χ1v) is 5.25. The zero-order chi connectivity index (χ0) is 13.8. The number of carbonyl (C=O) groups is 1. The molecule has 0 saturated carbocycles. The molecule has 0 bridgehead atoms. The molecule has 6 heteroatoms. The second kappa shape index (κ2) is 5.66. The molecule has 0 unspecified atom stereocenters. The van der Waals surface area contributed by atoms with E-state index in [0.29, 0.717) is 0 Å². The summed E-state index contributed by atoms with van der Waals surface area (Å²) in [7, 11) is 2.47. The van der Waals surface area contributed by atoms with Gasteiger partial charge < -0.3 is 14.2 Å². The molecule has 0 aromatic heterocycles. The fourth-order valence-corrected chi connectivity index (χ4v) is 1.48. The molecule has 0 amide bonds. The summed E-state index contributed by atoms with van der Waals surface area (Å²) in [6, 6.07) is 4.14. The quantitative estimate of drug-likeness (QED) is 0.762. The average Bonchev–Trinajstić information content (AvgIpc) is 2.37. The van der Waals surface area contributed by atoms with Crippen molar-refractivity contribution in [1.82, 2.24) is 0 Å². The van der Waals surface area contributed by atoms with Crippen molar-refractivity contribution in [3.05, 3.63) is 23.8 Å². The van der Waals surface area contributed by atoms with Gasteiger partial charge in [0.1, 0.15) is 17.1 Å². The van der Waals surface area contributed by atoms with Crippen molar-refractivity contribution in [2.24, 2.45) is 0 Å². The Hall–Kier alpha value is -1.85. The molecule has 0 spiro atoms. The van der Waals surface area contributed by atoms with Crippen LogP contribution in [0.5, 0.6) is 11.5 Å². The van der Waals surface area contributed by atoms with E-state index in [9.17, 15) is 13.6 Å². The number of alkyl halides is 2. The minimum Gasteiger partial charge on any atom is -0.496 e. The fraction of sp³-hybridized carbons (Fsp3) is 0.417. The van der Waals surface area contributed by atoms with Gasteiger partial charge in [-0.25, -0.2) is 4.79 Å². The Morgan fingerprint density at radius 3 is 2.11 bits per heavy atom. The van der Waals surface area contributed by atoms with Gasteiger partial charge in [0.15, 0.2) is 0 Å². The number of carbonyl (C=O) groups excluding carboxylic acids is 1.